The van der Waals surface area contributed by atoms with Crippen molar-refractivity contribution >= 4 is 28.9 Å². The monoisotopic (exact) mass is 460 g/mol. The molecule has 1 atom stereocenters. The molecule has 0 radical (unpaired) electrons. The second kappa shape index (κ2) is 7.89. The predicted octanol–water partition coefficient (Wildman–Crippen LogP) is 3.78. The number of hydrogen-bond donors (Lipinski definition) is 2. The molecule has 4 aromatic rings. The Morgan fingerprint density at radius 3 is 3.00 bits per heavy atom. The van der Waals surface area contributed by atoms with Crippen LogP contribution in [0, 0.1) is 5.95 Å². The maximum Gasteiger partial charge on any atom is 0.246 e. The summed E-state index contributed by atoms with van der Waals surface area (Å²) >= 11 is 0. The fourth-order valence-corrected chi connectivity index (χ4v) is 4.72. The van der Waals surface area contributed by atoms with Crippen LogP contribution in [0.5, 0.6) is 0 Å². The van der Waals surface area contributed by atoms with E-state index in [-0.39, 0.29) is 12.2 Å². The summed E-state index contributed by atoms with van der Waals surface area (Å²) in [4.78, 5) is 23.9. The van der Waals surface area contributed by atoms with Crippen molar-refractivity contribution in [2.24, 2.45) is 0 Å². The number of ketones is 1. The molecule has 2 N–H and O–H groups in total. The van der Waals surface area contributed by atoms with Gasteiger partial charge >= 0.3 is 0 Å². The minimum Gasteiger partial charge on any atom is -0.327 e. The number of rotatable bonds is 7. The van der Waals surface area contributed by atoms with Gasteiger partial charge in [-0.2, -0.15) is 14.5 Å². The fourth-order valence-electron chi connectivity index (χ4n) is 4.72. The van der Waals surface area contributed by atoms with Gasteiger partial charge in [-0.3, -0.25) is 9.89 Å². The van der Waals surface area contributed by atoms with Crippen molar-refractivity contribution in [1.29, 1.82) is 0 Å². The number of hydrogen-bond acceptors (Lipinski definition) is 7. The van der Waals surface area contributed by atoms with Crippen molar-refractivity contribution in [3.05, 3.63) is 59.9 Å². The zero-order valence-electron chi connectivity index (χ0n) is 18.8. The van der Waals surface area contributed by atoms with Crippen LogP contribution >= 0.6 is 0 Å². The second-order valence-electron chi connectivity index (χ2n) is 9.32. The van der Waals surface area contributed by atoms with Gasteiger partial charge in [-0.15, -0.1) is 5.10 Å². The fraction of sp³-hybridized carbons (Fsp3) is 0.375. The standard InChI is InChI=1S/C24H25FN8O/c1-24(19(34)12-15-5-8-20(25)26-14-15)9-3-10-32(24)23-28-22(18-4-2-11-33(18)31-23)27-21-13-17(29-30-21)16-6-7-16/h2,4-5,8,11,13-14,16H,3,6-7,9-10,12H2,1H3,(H2,27,28,29,30,31)/t24-/m0/s1. The molecule has 4 aromatic heterocycles. The predicted molar refractivity (Wildman–Crippen MR) is 125 cm³/mol. The van der Waals surface area contributed by atoms with Gasteiger partial charge in [0.05, 0.1) is 5.54 Å². The molecular weight excluding hydrogens is 435 g/mol. The average molecular weight is 461 g/mol. The summed E-state index contributed by atoms with van der Waals surface area (Å²) in [6.07, 6.45) is 7.39. The first-order valence-corrected chi connectivity index (χ1v) is 11.6. The highest BCUT2D eigenvalue weighted by molar-refractivity contribution is 5.93. The quantitative estimate of drug-likeness (QED) is 0.405. The number of carbonyl (C=O) groups excluding carboxylic acids is 1. The Kier molecular flexibility index (Phi) is 4.82. The number of halogens is 1. The van der Waals surface area contributed by atoms with Gasteiger partial charge in [0, 0.05) is 43.0 Å². The van der Waals surface area contributed by atoms with Crippen molar-refractivity contribution in [1.82, 2.24) is 29.8 Å². The number of nitrogens with one attached hydrogen (secondary N) is 2. The second-order valence-corrected chi connectivity index (χ2v) is 9.32. The zero-order valence-corrected chi connectivity index (χ0v) is 18.8. The molecule has 5 heterocycles. The van der Waals surface area contributed by atoms with E-state index in [0.717, 1.165) is 17.6 Å². The summed E-state index contributed by atoms with van der Waals surface area (Å²) in [5.41, 5.74) is 1.88. The van der Waals surface area contributed by atoms with Crippen LogP contribution in [-0.4, -0.2) is 47.6 Å². The molecule has 174 valence electrons. The Bertz CT molecular complexity index is 1360. The number of carbonyl (C=O) groups is 1. The number of anilines is 3. The highest BCUT2D eigenvalue weighted by Gasteiger charge is 2.44. The first-order chi connectivity index (χ1) is 16.5. The smallest absolute Gasteiger partial charge is 0.246 e. The Hall–Kier alpha value is -3.82. The van der Waals surface area contributed by atoms with E-state index in [4.69, 9.17) is 10.1 Å². The third-order valence-electron chi connectivity index (χ3n) is 6.88. The minimum atomic E-state index is -0.766. The van der Waals surface area contributed by atoms with Crippen LogP contribution in [0.15, 0.2) is 42.7 Å². The van der Waals surface area contributed by atoms with Crippen LogP contribution in [0.1, 0.15) is 49.8 Å². The van der Waals surface area contributed by atoms with Crippen molar-refractivity contribution in [2.45, 2.75) is 50.5 Å². The average Bonchev–Trinajstić information content (AvgIpc) is 3.20. The van der Waals surface area contributed by atoms with Crippen LogP contribution in [0.2, 0.25) is 0 Å². The molecule has 1 saturated heterocycles. The Morgan fingerprint density at radius 1 is 1.32 bits per heavy atom. The lowest BCUT2D eigenvalue weighted by Crippen LogP contribution is -2.49. The van der Waals surface area contributed by atoms with E-state index in [1.165, 1.54) is 25.1 Å². The molecule has 1 aliphatic heterocycles. The molecule has 9 nitrogen and oxygen atoms in total. The number of aromatic nitrogens is 6. The lowest BCUT2D eigenvalue weighted by atomic mass is 9.89. The van der Waals surface area contributed by atoms with E-state index in [0.29, 0.717) is 42.0 Å². The minimum absolute atomic E-state index is 0.0329. The number of aromatic amines is 1. The molecule has 10 heteroatoms. The molecular formula is C24H25FN8O. The summed E-state index contributed by atoms with van der Waals surface area (Å²) in [7, 11) is 0. The third-order valence-corrected chi connectivity index (χ3v) is 6.88. The van der Waals surface area contributed by atoms with Crippen LogP contribution in [-0.2, 0) is 11.2 Å². The zero-order chi connectivity index (χ0) is 23.3. The van der Waals surface area contributed by atoms with Gasteiger partial charge in [0.2, 0.25) is 11.9 Å². The summed E-state index contributed by atoms with van der Waals surface area (Å²) in [6.45, 7) is 2.61. The maximum absolute atomic E-state index is 13.4. The van der Waals surface area contributed by atoms with Crippen LogP contribution in [0.4, 0.5) is 22.0 Å². The number of nitrogens with zero attached hydrogens (tertiary/aromatic N) is 6. The lowest BCUT2D eigenvalue weighted by molar-refractivity contribution is -0.122. The first-order valence-electron chi connectivity index (χ1n) is 11.6. The van der Waals surface area contributed by atoms with E-state index >= 15 is 0 Å². The Labute approximate surface area is 195 Å². The number of Topliss-reactive ketones (excluding diaryl/α,β-unsaturated/α-hetero) is 1. The molecule has 2 fully saturated rings. The van der Waals surface area contributed by atoms with Gasteiger partial charge in [0.25, 0.3) is 0 Å². The van der Waals surface area contributed by atoms with Crippen molar-refractivity contribution in [3.63, 3.8) is 0 Å². The van der Waals surface area contributed by atoms with Gasteiger partial charge in [0.15, 0.2) is 17.4 Å². The van der Waals surface area contributed by atoms with Crippen LogP contribution in [0.3, 0.4) is 0 Å². The molecule has 1 aliphatic carbocycles. The largest absolute Gasteiger partial charge is 0.327 e. The number of pyridine rings is 1. The molecule has 6 rings (SSSR count). The van der Waals surface area contributed by atoms with Crippen molar-refractivity contribution < 1.29 is 9.18 Å². The molecule has 0 unspecified atom stereocenters. The van der Waals surface area contributed by atoms with E-state index in [9.17, 15) is 9.18 Å². The van der Waals surface area contributed by atoms with E-state index in [1.807, 2.05) is 36.2 Å². The van der Waals surface area contributed by atoms with Gasteiger partial charge in [-0.05, 0) is 56.4 Å². The molecule has 1 saturated carbocycles. The number of fused-ring (bicyclic) bond motifs is 1. The highest BCUT2D eigenvalue weighted by Crippen LogP contribution is 2.40. The molecule has 0 spiro atoms. The summed E-state index contributed by atoms with van der Waals surface area (Å²) < 4.78 is 15.0. The van der Waals surface area contributed by atoms with E-state index < -0.39 is 11.5 Å². The molecule has 0 aromatic carbocycles. The Morgan fingerprint density at radius 2 is 2.21 bits per heavy atom. The normalized spacial score (nSPS) is 20.2. The third kappa shape index (κ3) is 3.68. The highest BCUT2D eigenvalue weighted by atomic mass is 19.1. The van der Waals surface area contributed by atoms with Crippen LogP contribution < -0.4 is 10.2 Å². The van der Waals surface area contributed by atoms with Gasteiger partial charge in [0.1, 0.15) is 5.52 Å². The Balaban J connectivity index is 1.31. The van der Waals surface area contributed by atoms with E-state index in [2.05, 4.69) is 20.5 Å². The topological polar surface area (TPSA) is 104 Å². The number of H-pyrrole nitrogens is 1. The molecule has 0 amide bonds. The summed E-state index contributed by atoms with van der Waals surface area (Å²) in [5, 5.41) is 15.5. The van der Waals surface area contributed by atoms with Crippen LogP contribution in [0.25, 0.3) is 5.52 Å². The molecule has 2 aliphatic rings. The molecule has 0 bridgehead atoms. The summed E-state index contributed by atoms with van der Waals surface area (Å²) in [6, 6.07) is 8.76. The van der Waals surface area contributed by atoms with Crippen molar-refractivity contribution in [3.8, 4) is 0 Å². The molecule has 34 heavy (non-hydrogen) atoms. The van der Waals surface area contributed by atoms with E-state index in [1.54, 1.807) is 10.6 Å². The summed E-state index contributed by atoms with van der Waals surface area (Å²) in [5.74, 6) is 1.87. The van der Waals surface area contributed by atoms with Crippen molar-refractivity contribution in [2.75, 3.05) is 16.8 Å². The lowest BCUT2D eigenvalue weighted by Gasteiger charge is -2.34. The first kappa shape index (κ1) is 20.8. The maximum atomic E-state index is 13.4. The van der Waals surface area contributed by atoms with Gasteiger partial charge in [-0.25, -0.2) is 9.50 Å². The SMILES string of the molecule is C[C@@]1(C(=O)Cc2ccc(F)nc2)CCCN1c1nc(Nc2cc(C3CC3)[nH]n2)c2cccn2n1. The van der Waals surface area contributed by atoms with Gasteiger partial charge in [-0.1, -0.05) is 6.07 Å². The van der Waals surface area contributed by atoms with Gasteiger partial charge < -0.3 is 10.2 Å².